The fourth-order valence-electron chi connectivity index (χ4n) is 2.97. The Morgan fingerprint density at radius 2 is 1.89 bits per heavy atom. The van der Waals surface area contributed by atoms with E-state index < -0.39 is 5.63 Å². The highest BCUT2D eigenvalue weighted by atomic mass is 35.5. The first kappa shape index (κ1) is 17.8. The third kappa shape index (κ3) is 3.24. The van der Waals surface area contributed by atoms with Crippen LogP contribution in [0.15, 0.2) is 45.9 Å². The van der Waals surface area contributed by atoms with E-state index in [2.05, 4.69) is 9.97 Å². The van der Waals surface area contributed by atoms with Crippen LogP contribution in [0.2, 0.25) is 10.0 Å². The minimum Gasteiger partial charge on any atom is -0.472 e. The van der Waals surface area contributed by atoms with Crippen molar-refractivity contribution in [1.29, 1.82) is 0 Å². The first-order valence-corrected chi connectivity index (χ1v) is 8.95. The first-order chi connectivity index (χ1) is 12.9. The van der Waals surface area contributed by atoms with Gasteiger partial charge in [-0.05, 0) is 37.1 Å². The van der Waals surface area contributed by atoms with E-state index in [1.165, 1.54) is 12.4 Å². The fourth-order valence-corrected chi connectivity index (χ4v) is 3.52. The van der Waals surface area contributed by atoms with Crippen LogP contribution in [0.25, 0.3) is 21.9 Å². The van der Waals surface area contributed by atoms with Crippen molar-refractivity contribution >= 4 is 45.1 Å². The van der Waals surface area contributed by atoms with Gasteiger partial charge in [0.1, 0.15) is 18.5 Å². The second-order valence-electron chi connectivity index (χ2n) is 6.23. The standard InChI is InChI=1S/C20H14Cl2N2O3/c1-10-3-4-14-12(5-17(25)27-19(14)11(10)2)8-26-20-15-6-13(21)7-16(22)18(15)23-9-24-20/h3-7,9H,8H2,1-2H3. The summed E-state index contributed by atoms with van der Waals surface area (Å²) >= 11 is 12.3. The van der Waals surface area contributed by atoms with Crippen molar-refractivity contribution in [1.82, 2.24) is 9.97 Å². The molecule has 0 saturated heterocycles. The van der Waals surface area contributed by atoms with E-state index in [-0.39, 0.29) is 6.61 Å². The summed E-state index contributed by atoms with van der Waals surface area (Å²) in [5.74, 6) is 0.342. The molecule has 0 fully saturated rings. The zero-order chi connectivity index (χ0) is 19.1. The number of ether oxygens (including phenoxy) is 1. The molecule has 0 aliphatic rings. The minimum absolute atomic E-state index is 0.140. The molecule has 2 heterocycles. The second-order valence-corrected chi connectivity index (χ2v) is 7.07. The van der Waals surface area contributed by atoms with Crippen LogP contribution in [0.4, 0.5) is 0 Å². The summed E-state index contributed by atoms with van der Waals surface area (Å²) in [7, 11) is 0. The molecule has 0 spiro atoms. The predicted octanol–water partition coefficient (Wildman–Crippen LogP) is 5.24. The van der Waals surface area contributed by atoms with Crippen molar-refractivity contribution < 1.29 is 9.15 Å². The monoisotopic (exact) mass is 400 g/mol. The topological polar surface area (TPSA) is 65.2 Å². The van der Waals surface area contributed by atoms with Crippen molar-refractivity contribution in [3.8, 4) is 5.88 Å². The van der Waals surface area contributed by atoms with Gasteiger partial charge in [0, 0.05) is 22.0 Å². The molecule has 0 radical (unpaired) electrons. The molecule has 0 atom stereocenters. The molecule has 7 heteroatoms. The molecule has 0 aliphatic heterocycles. The Morgan fingerprint density at radius 3 is 2.70 bits per heavy atom. The molecule has 4 aromatic rings. The lowest BCUT2D eigenvalue weighted by molar-refractivity contribution is 0.298. The van der Waals surface area contributed by atoms with Gasteiger partial charge < -0.3 is 9.15 Å². The van der Waals surface area contributed by atoms with Gasteiger partial charge in [-0.15, -0.1) is 0 Å². The molecule has 27 heavy (non-hydrogen) atoms. The van der Waals surface area contributed by atoms with Gasteiger partial charge >= 0.3 is 5.63 Å². The average molecular weight is 401 g/mol. The molecule has 2 aromatic heterocycles. The summed E-state index contributed by atoms with van der Waals surface area (Å²) in [6, 6.07) is 8.65. The summed E-state index contributed by atoms with van der Waals surface area (Å²) < 4.78 is 11.3. The van der Waals surface area contributed by atoms with Crippen molar-refractivity contribution in [3.63, 3.8) is 0 Å². The quantitative estimate of drug-likeness (QED) is 0.440. The lowest BCUT2D eigenvalue weighted by Gasteiger charge is -2.11. The van der Waals surface area contributed by atoms with Gasteiger partial charge in [0.2, 0.25) is 5.88 Å². The van der Waals surface area contributed by atoms with E-state index in [1.807, 2.05) is 26.0 Å². The smallest absolute Gasteiger partial charge is 0.336 e. The van der Waals surface area contributed by atoms with Crippen LogP contribution in [0, 0.1) is 13.8 Å². The Balaban J connectivity index is 1.78. The van der Waals surface area contributed by atoms with Crippen LogP contribution in [0.3, 0.4) is 0 Å². The number of nitrogens with zero attached hydrogens (tertiary/aromatic N) is 2. The Bertz CT molecular complexity index is 1250. The summed E-state index contributed by atoms with van der Waals surface area (Å²) in [5.41, 5.74) is 3.39. The van der Waals surface area contributed by atoms with Crippen LogP contribution >= 0.6 is 23.2 Å². The number of benzene rings is 2. The molecular formula is C20H14Cl2N2O3. The van der Waals surface area contributed by atoms with Crippen LogP contribution < -0.4 is 10.4 Å². The Hall–Kier alpha value is -2.63. The third-order valence-electron chi connectivity index (χ3n) is 4.50. The fraction of sp³-hybridized carbons (Fsp3) is 0.150. The Morgan fingerprint density at radius 1 is 1.07 bits per heavy atom. The van der Waals surface area contributed by atoms with E-state index in [1.54, 1.807) is 12.1 Å². The third-order valence-corrected chi connectivity index (χ3v) is 5.01. The molecule has 0 N–H and O–H groups in total. The van der Waals surface area contributed by atoms with E-state index >= 15 is 0 Å². The number of fused-ring (bicyclic) bond motifs is 2. The minimum atomic E-state index is -0.423. The zero-order valence-electron chi connectivity index (χ0n) is 14.5. The van der Waals surface area contributed by atoms with Crippen molar-refractivity contribution in [3.05, 3.63) is 73.8 Å². The number of aromatic nitrogens is 2. The van der Waals surface area contributed by atoms with Crippen LogP contribution in [-0.4, -0.2) is 9.97 Å². The van der Waals surface area contributed by atoms with E-state index in [4.69, 9.17) is 32.4 Å². The van der Waals surface area contributed by atoms with Gasteiger partial charge in [-0.3, -0.25) is 0 Å². The summed E-state index contributed by atoms with van der Waals surface area (Å²) in [6.45, 7) is 4.03. The number of hydrogen-bond donors (Lipinski definition) is 0. The maximum Gasteiger partial charge on any atom is 0.336 e. The number of hydrogen-bond acceptors (Lipinski definition) is 5. The first-order valence-electron chi connectivity index (χ1n) is 8.19. The van der Waals surface area contributed by atoms with E-state index in [0.717, 1.165) is 16.5 Å². The maximum atomic E-state index is 12.0. The number of aryl methyl sites for hydroxylation is 2. The van der Waals surface area contributed by atoms with E-state index in [9.17, 15) is 4.79 Å². The van der Waals surface area contributed by atoms with Crippen molar-refractivity contribution in [2.75, 3.05) is 0 Å². The highest BCUT2D eigenvalue weighted by molar-refractivity contribution is 6.38. The summed E-state index contributed by atoms with van der Waals surface area (Å²) in [4.78, 5) is 20.4. The molecule has 0 unspecified atom stereocenters. The van der Waals surface area contributed by atoms with Gasteiger partial charge in [0.05, 0.1) is 15.9 Å². The number of rotatable bonds is 3. The molecule has 2 aromatic carbocycles. The average Bonchev–Trinajstić information content (AvgIpc) is 2.63. The van der Waals surface area contributed by atoms with E-state index in [0.29, 0.717) is 38.0 Å². The Kier molecular flexibility index (Phi) is 4.50. The van der Waals surface area contributed by atoms with Gasteiger partial charge in [0.25, 0.3) is 0 Å². The molecule has 0 bridgehead atoms. The largest absolute Gasteiger partial charge is 0.472 e. The highest BCUT2D eigenvalue weighted by Gasteiger charge is 2.13. The molecule has 4 rings (SSSR count). The molecule has 136 valence electrons. The van der Waals surface area contributed by atoms with Gasteiger partial charge in [-0.25, -0.2) is 14.8 Å². The normalized spacial score (nSPS) is 11.3. The number of halogens is 2. The second kappa shape index (κ2) is 6.83. The van der Waals surface area contributed by atoms with Crippen molar-refractivity contribution in [2.24, 2.45) is 0 Å². The molecule has 0 amide bonds. The van der Waals surface area contributed by atoms with Gasteiger partial charge in [-0.2, -0.15) is 0 Å². The van der Waals surface area contributed by atoms with Crippen molar-refractivity contribution in [2.45, 2.75) is 20.5 Å². The molecule has 0 aliphatic carbocycles. The highest BCUT2D eigenvalue weighted by Crippen LogP contribution is 2.31. The Labute approximate surface area is 164 Å². The summed E-state index contributed by atoms with van der Waals surface area (Å²) in [6.07, 6.45) is 1.38. The zero-order valence-corrected chi connectivity index (χ0v) is 16.1. The van der Waals surface area contributed by atoms with Crippen LogP contribution in [0.5, 0.6) is 5.88 Å². The van der Waals surface area contributed by atoms with Crippen LogP contribution in [-0.2, 0) is 6.61 Å². The lowest BCUT2D eigenvalue weighted by atomic mass is 10.0. The van der Waals surface area contributed by atoms with Gasteiger partial charge in [-0.1, -0.05) is 35.3 Å². The summed E-state index contributed by atoms with van der Waals surface area (Å²) in [5, 5.41) is 2.31. The maximum absolute atomic E-state index is 12.0. The van der Waals surface area contributed by atoms with Gasteiger partial charge in [0.15, 0.2) is 0 Å². The SMILES string of the molecule is Cc1ccc2c(COc3ncnc4c(Cl)cc(Cl)cc34)cc(=O)oc2c1C. The molecule has 0 saturated carbocycles. The molecular weight excluding hydrogens is 387 g/mol. The van der Waals surface area contributed by atoms with Crippen LogP contribution in [0.1, 0.15) is 16.7 Å². The lowest BCUT2D eigenvalue weighted by Crippen LogP contribution is -2.06. The predicted molar refractivity (Wildman–Crippen MR) is 106 cm³/mol. The molecule has 5 nitrogen and oxygen atoms in total.